The van der Waals surface area contributed by atoms with Crippen LogP contribution in [0.25, 0.3) is 10.6 Å². The molecule has 0 saturated carbocycles. The molecule has 0 radical (unpaired) electrons. The highest BCUT2D eigenvalue weighted by atomic mass is 32.1. The van der Waals surface area contributed by atoms with Crippen molar-refractivity contribution < 1.29 is 4.79 Å². The molecule has 0 bridgehead atoms. The van der Waals surface area contributed by atoms with Gasteiger partial charge in [-0.05, 0) is 38.8 Å². The van der Waals surface area contributed by atoms with Crippen LogP contribution >= 0.6 is 11.3 Å². The molecule has 1 fully saturated rings. The standard InChI is InChI=1S/C19H25N3OS/c1-20-10-7-15-8-11-22(12-9-15)18(23)13-17-14-24-19(21-17)16-5-3-2-4-6-16/h2-6,14-15,20H,7-13H2,1H3. The summed E-state index contributed by atoms with van der Waals surface area (Å²) in [7, 11) is 2.00. The second-order valence-electron chi connectivity index (χ2n) is 6.40. The largest absolute Gasteiger partial charge is 0.342 e. The van der Waals surface area contributed by atoms with Gasteiger partial charge in [-0.3, -0.25) is 4.79 Å². The van der Waals surface area contributed by atoms with Crippen LogP contribution in [0.1, 0.15) is 25.0 Å². The number of hydrogen-bond donors (Lipinski definition) is 1. The van der Waals surface area contributed by atoms with E-state index in [-0.39, 0.29) is 5.91 Å². The van der Waals surface area contributed by atoms with Crippen LogP contribution in [-0.2, 0) is 11.2 Å². The molecule has 4 nitrogen and oxygen atoms in total. The number of rotatable bonds is 6. The first-order chi connectivity index (χ1) is 11.8. The highest BCUT2D eigenvalue weighted by Gasteiger charge is 2.23. The maximum Gasteiger partial charge on any atom is 0.228 e. The second kappa shape index (κ2) is 8.40. The molecule has 2 heterocycles. The Morgan fingerprint density at radius 3 is 2.75 bits per heavy atom. The molecule has 0 atom stereocenters. The van der Waals surface area contributed by atoms with E-state index in [1.165, 1.54) is 6.42 Å². The maximum atomic E-state index is 12.5. The molecule has 1 aliphatic heterocycles. The first-order valence-corrected chi connectivity index (χ1v) is 9.56. The van der Waals surface area contributed by atoms with Crippen molar-refractivity contribution in [3.63, 3.8) is 0 Å². The summed E-state index contributed by atoms with van der Waals surface area (Å²) < 4.78 is 0. The van der Waals surface area contributed by atoms with Crippen LogP contribution in [0.2, 0.25) is 0 Å². The van der Waals surface area contributed by atoms with Gasteiger partial charge in [-0.25, -0.2) is 4.98 Å². The van der Waals surface area contributed by atoms with E-state index in [1.807, 2.05) is 35.5 Å². The number of hydrogen-bond acceptors (Lipinski definition) is 4. The number of carbonyl (C=O) groups is 1. The molecule has 128 valence electrons. The van der Waals surface area contributed by atoms with Crippen molar-refractivity contribution in [2.24, 2.45) is 5.92 Å². The summed E-state index contributed by atoms with van der Waals surface area (Å²) in [6.07, 6.45) is 3.88. The van der Waals surface area contributed by atoms with Crippen LogP contribution < -0.4 is 5.32 Å². The second-order valence-corrected chi connectivity index (χ2v) is 7.26. The predicted molar refractivity (Wildman–Crippen MR) is 99.1 cm³/mol. The van der Waals surface area contributed by atoms with E-state index in [9.17, 15) is 4.79 Å². The Labute approximate surface area is 147 Å². The van der Waals surface area contributed by atoms with Gasteiger partial charge >= 0.3 is 0 Å². The van der Waals surface area contributed by atoms with Crippen molar-refractivity contribution in [3.05, 3.63) is 41.4 Å². The van der Waals surface area contributed by atoms with Gasteiger partial charge in [0.25, 0.3) is 0 Å². The van der Waals surface area contributed by atoms with Gasteiger partial charge in [-0.15, -0.1) is 11.3 Å². The first kappa shape index (κ1) is 17.1. The lowest BCUT2D eigenvalue weighted by atomic mass is 9.93. The molecule has 0 aliphatic carbocycles. The zero-order valence-electron chi connectivity index (χ0n) is 14.2. The van der Waals surface area contributed by atoms with Crippen molar-refractivity contribution >= 4 is 17.2 Å². The Morgan fingerprint density at radius 1 is 1.29 bits per heavy atom. The van der Waals surface area contributed by atoms with Crippen molar-refractivity contribution in [2.45, 2.75) is 25.7 Å². The van der Waals surface area contributed by atoms with Crippen molar-refractivity contribution in [1.29, 1.82) is 0 Å². The minimum Gasteiger partial charge on any atom is -0.342 e. The molecule has 1 aromatic heterocycles. The van der Waals surface area contributed by atoms with E-state index in [1.54, 1.807) is 11.3 Å². The lowest BCUT2D eigenvalue weighted by Crippen LogP contribution is -2.39. The zero-order valence-corrected chi connectivity index (χ0v) is 15.0. The predicted octanol–water partition coefficient (Wildman–Crippen LogP) is 3.20. The smallest absolute Gasteiger partial charge is 0.228 e. The molecule has 1 aliphatic rings. The van der Waals surface area contributed by atoms with Crippen LogP contribution in [0.4, 0.5) is 0 Å². The summed E-state index contributed by atoms with van der Waals surface area (Å²) in [5.41, 5.74) is 2.01. The molecule has 2 aromatic rings. The third kappa shape index (κ3) is 4.42. The van der Waals surface area contributed by atoms with E-state index < -0.39 is 0 Å². The molecular weight excluding hydrogens is 318 g/mol. The molecule has 3 rings (SSSR count). The van der Waals surface area contributed by atoms with E-state index >= 15 is 0 Å². The minimum absolute atomic E-state index is 0.215. The number of piperidine rings is 1. The van der Waals surface area contributed by atoms with E-state index in [2.05, 4.69) is 22.4 Å². The van der Waals surface area contributed by atoms with Gasteiger partial charge in [0.2, 0.25) is 5.91 Å². The van der Waals surface area contributed by atoms with E-state index in [0.717, 1.165) is 54.7 Å². The molecule has 1 aromatic carbocycles. The molecular formula is C19H25N3OS. The summed E-state index contributed by atoms with van der Waals surface area (Å²) in [6.45, 7) is 2.85. The summed E-state index contributed by atoms with van der Waals surface area (Å²) in [5, 5.41) is 6.21. The van der Waals surface area contributed by atoms with E-state index in [4.69, 9.17) is 0 Å². The summed E-state index contributed by atoms with van der Waals surface area (Å²) >= 11 is 1.61. The summed E-state index contributed by atoms with van der Waals surface area (Å²) in [5.74, 6) is 0.970. The monoisotopic (exact) mass is 343 g/mol. The van der Waals surface area contributed by atoms with Crippen LogP contribution in [0.15, 0.2) is 35.7 Å². The van der Waals surface area contributed by atoms with Crippen molar-refractivity contribution in [2.75, 3.05) is 26.7 Å². The number of nitrogens with one attached hydrogen (secondary N) is 1. The highest BCUT2D eigenvalue weighted by molar-refractivity contribution is 7.13. The van der Waals surface area contributed by atoms with Crippen LogP contribution in [-0.4, -0.2) is 42.5 Å². The number of amides is 1. The Balaban J connectivity index is 1.52. The molecule has 1 saturated heterocycles. The van der Waals surface area contributed by atoms with Crippen molar-refractivity contribution in [1.82, 2.24) is 15.2 Å². The number of aromatic nitrogens is 1. The molecule has 0 unspecified atom stereocenters. The number of thiazole rings is 1. The number of nitrogens with zero attached hydrogens (tertiary/aromatic N) is 2. The lowest BCUT2D eigenvalue weighted by Gasteiger charge is -2.32. The molecule has 1 N–H and O–H groups in total. The fraction of sp³-hybridized carbons (Fsp3) is 0.474. The van der Waals surface area contributed by atoms with Gasteiger partial charge < -0.3 is 10.2 Å². The molecule has 1 amide bonds. The van der Waals surface area contributed by atoms with Crippen molar-refractivity contribution in [3.8, 4) is 10.6 Å². The van der Waals surface area contributed by atoms with Gasteiger partial charge in [0.1, 0.15) is 5.01 Å². The SMILES string of the molecule is CNCCC1CCN(C(=O)Cc2csc(-c3ccccc3)n2)CC1. The third-order valence-corrected chi connectivity index (χ3v) is 5.61. The highest BCUT2D eigenvalue weighted by Crippen LogP contribution is 2.24. The van der Waals surface area contributed by atoms with Gasteiger partial charge in [0.15, 0.2) is 0 Å². The molecule has 5 heteroatoms. The van der Waals surface area contributed by atoms with Gasteiger partial charge in [-0.1, -0.05) is 30.3 Å². The average Bonchev–Trinajstić information content (AvgIpc) is 3.09. The number of benzene rings is 1. The Kier molecular flexibility index (Phi) is 5.99. The van der Waals surface area contributed by atoms with Gasteiger partial charge in [0.05, 0.1) is 12.1 Å². The van der Waals surface area contributed by atoms with Gasteiger partial charge in [-0.2, -0.15) is 0 Å². The average molecular weight is 343 g/mol. The fourth-order valence-electron chi connectivity index (χ4n) is 3.19. The minimum atomic E-state index is 0.215. The van der Waals surface area contributed by atoms with Crippen LogP contribution in [0.5, 0.6) is 0 Å². The van der Waals surface area contributed by atoms with E-state index in [0.29, 0.717) is 6.42 Å². The third-order valence-electron chi connectivity index (χ3n) is 4.67. The van der Waals surface area contributed by atoms with Crippen LogP contribution in [0, 0.1) is 5.92 Å². The topological polar surface area (TPSA) is 45.2 Å². The molecule has 0 spiro atoms. The quantitative estimate of drug-likeness (QED) is 0.876. The van der Waals surface area contributed by atoms with Crippen LogP contribution in [0.3, 0.4) is 0 Å². The Bertz CT molecular complexity index is 648. The normalized spacial score (nSPS) is 15.6. The Hall–Kier alpha value is -1.72. The lowest BCUT2D eigenvalue weighted by molar-refractivity contribution is -0.131. The first-order valence-electron chi connectivity index (χ1n) is 8.68. The fourth-order valence-corrected chi connectivity index (χ4v) is 4.01. The number of likely N-dealkylation sites (tertiary alicyclic amines) is 1. The summed E-state index contributed by atoms with van der Waals surface area (Å²) in [4.78, 5) is 19.2. The maximum absolute atomic E-state index is 12.5. The van der Waals surface area contributed by atoms with Gasteiger partial charge in [0, 0.05) is 24.0 Å². The summed E-state index contributed by atoms with van der Waals surface area (Å²) in [6, 6.07) is 10.1. The Morgan fingerprint density at radius 2 is 2.04 bits per heavy atom. The number of carbonyl (C=O) groups excluding carboxylic acids is 1. The molecule has 24 heavy (non-hydrogen) atoms. The zero-order chi connectivity index (χ0) is 16.8.